The number of rotatable bonds is 1. The lowest BCUT2D eigenvalue weighted by molar-refractivity contribution is -0.207. The average Bonchev–Trinajstić information content (AvgIpc) is 3.00. The zero-order valence-electron chi connectivity index (χ0n) is 20.4. The molecule has 0 aromatic carbocycles. The van der Waals surface area contributed by atoms with Crippen molar-refractivity contribution in [3.05, 3.63) is 12.2 Å². The lowest BCUT2D eigenvalue weighted by atomic mass is 9.35. The summed E-state index contributed by atoms with van der Waals surface area (Å²) in [6, 6.07) is 0. The Bertz CT molecular complexity index is 686. The van der Waals surface area contributed by atoms with Crippen molar-refractivity contribution in [1.29, 1.82) is 0 Å². The third kappa shape index (κ3) is 2.62. The number of hydrogen-bond acceptors (Lipinski definition) is 0. The van der Waals surface area contributed by atoms with Gasteiger partial charge in [-0.05, 0) is 128 Å². The fourth-order valence-electron chi connectivity index (χ4n) is 10.8. The summed E-state index contributed by atoms with van der Waals surface area (Å²) in [5.41, 5.74) is 3.82. The molecule has 0 amide bonds. The van der Waals surface area contributed by atoms with E-state index >= 15 is 0 Å². The minimum absolute atomic E-state index is 0.560. The number of hydrogen-bond donors (Lipinski definition) is 0. The molecule has 0 aromatic heterocycles. The van der Waals surface area contributed by atoms with Crippen LogP contribution in [0.5, 0.6) is 0 Å². The lowest BCUT2D eigenvalue weighted by Crippen LogP contribution is -2.62. The Balaban J connectivity index is 1.51. The van der Waals surface area contributed by atoms with Gasteiger partial charge < -0.3 is 0 Å². The maximum absolute atomic E-state index is 4.49. The summed E-state index contributed by atoms with van der Waals surface area (Å²) in [5.74, 6) is 5.67. The Morgan fingerprint density at radius 1 is 0.690 bits per heavy atom. The largest absolute Gasteiger partial charge is 0.0998 e. The van der Waals surface area contributed by atoms with Crippen molar-refractivity contribution in [2.45, 2.75) is 112 Å². The van der Waals surface area contributed by atoms with Gasteiger partial charge in [-0.2, -0.15) is 0 Å². The van der Waals surface area contributed by atoms with E-state index in [0.29, 0.717) is 21.7 Å². The zero-order valence-corrected chi connectivity index (χ0v) is 20.4. The first-order chi connectivity index (χ1) is 13.5. The third-order valence-electron chi connectivity index (χ3n) is 12.6. The van der Waals surface area contributed by atoms with Crippen LogP contribution in [-0.4, -0.2) is 0 Å². The van der Waals surface area contributed by atoms with E-state index in [4.69, 9.17) is 0 Å². The van der Waals surface area contributed by atoms with Gasteiger partial charge >= 0.3 is 0 Å². The van der Waals surface area contributed by atoms with E-state index in [1.807, 2.05) is 0 Å². The predicted molar refractivity (Wildman–Crippen MR) is 125 cm³/mol. The minimum atomic E-state index is 0.560. The molecular formula is C29H48. The average molecular weight is 397 g/mol. The highest BCUT2D eigenvalue weighted by Gasteiger charge is 2.67. The molecule has 164 valence electrons. The van der Waals surface area contributed by atoms with Gasteiger partial charge in [0.2, 0.25) is 0 Å². The van der Waals surface area contributed by atoms with Crippen LogP contribution in [0.3, 0.4) is 0 Å². The van der Waals surface area contributed by atoms with E-state index in [9.17, 15) is 0 Å². The van der Waals surface area contributed by atoms with Gasteiger partial charge in [0.1, 0.15) is 0 Å². The predicted octanol–water partition coefficient (Wildman–Crippen LogP) is 8.66. The van der Waals surface area contributed by atoms with Crippen LogP contribution in [-0.2, 0) is 0 Å². The maximum atomic E-state index is 4.49. The zero-order chi connectivity index (χ0) is 20.8. The summed E-state index contributed by atoms with van der Waals surface area (Å²) < 4.78 is 0. The summed E-state index contributed by atoms with van der Waals surface area (Å²) in [4.78, 5) is 0. The first-order valence-corrected chi connectivity index (χ1v) is 13.2. The first-order valence-electron chi connectivity index (χ1n) is 13.2. The summed E-state index contributed by atoms with van der Waals surface area (Å²) in [6.45, 7) is 20.3. The monoisotopic (exact) mass is 396 g/mol. The molecule has 5 rings (SSSR count). The van der Waals surface area contributed by atoms with Gasteiger partial charge in [0, 0.05) is 0 Å². The fraction of sp³-hybridized carbons (Fsp3) is 0.931. The van der Waals surface area contributed by atoms with Crippen LogP contribution in [0.25, 0.3) is 0 Å². The highest BCUT2D eigenvalue weighted by Crippen LogP contribution is 2.75. The molecule has 5 aliphatic carbocycles. The molecule has 0 saturated heterocycles. The Kier molecular flexibility index (Phi) is 4.54. The molecule has 5 aliphatic rings. The Morgan fingerprint density at radius 3 is 2.10 bits per heavy atom. The molecule has 29 heavy (non-hydrogen) atoms. The minimum Gasteiger partial charge on any atom is -0.0998 e. The van der Waals surface area contributed by atoms with Crippen LogP contribution in [0.15, 0.2) is 12.2 Å². The van der Waals surface area contributed by atoms with Crippen molar-refractivity contribution >= 4 is 0 Å². The molecule has 0 aromatic rings. The molecule has 0 nitrogen and oxygen atoms in total. The molecule has 0 heterocycles. The summed E-state index contributed by atoms with van der Waals surface area (Å²) >= 11 is 0. The van der Waals surface area contributed by atoms with Gasteiger partial charge in [-0.25, -0.2) is 0 Å². The first kappa shape index (κ1) is 20.6. The molecule has 5 fully saturated rings. The second-order valence-corrected chi connectivity index (χ2v) is 14.0. The topological polar surface area (TPSA) is 0 Å². The molecule has 9 atom stereocenters. The molecule has 0 radical (unpaired) electrons. The van der Waals surface area contributed by atoms with Crippen LogP contribution in [0.2, 0.25) is 0 Å². The fourth-order valence-corrected chi connectivity index (χ4v) is 10.8. The van der Waals surface area contributed by atoms with E-state index in [0.717, 1.165) is 35.5 Å². The van der Waals surface area contributed by atoms with Crippen LogP contribution in [0.4, 0.5) is 0 Å². The van der Waals surface area contributed by atoms with E-state index in [1.54, 1.807) is 0 Å². The van der Waals surface area contributed by atoms with Gasteiger partial charge in [0.15, 0.2) is 0 Å². The standard InChI is InChI=1S/C29H48/c1-19(2)20-12-15-27(5)17-18-29(7)24(25(20)27)11-10-23-21-9-8-14-26(3,4)22(21)13-16-28(23,29)6/h20-25H,1,8-18H2,2-7H3. The summed E-state index contributed by atoms with van der Waals surface area (Å²) in [5, 5.41) is 0. The smallest absolute Gasteiger partial charge is 0.0172 e. The van der Waals surface area contributed by atoms with Crippen molar-refractivity contribution < 1.29 is 0 Å². The second-order valence-electron chi connectivity index (χ2n) is 14.0. The normalized spacial score (nSPS) is 55.9. The quantitative estimate of drug-likeness (QED) is 0.389. The van der Waals surface area contributed by atoms with Gasteiger partial charge in [0.05, 0.1) is 0 Å². The van der Waals surface area contributed by atoms with Crippen LogP contribution in [0.1, 0.15) is 112 Å². The molecule has 0 bridgehead atoms. The van der Waals surface area contributed by atoms with Crippen LogP contribution >= 0.6 is 0 Å². The summed E-state index contributed by atoms with van der Waals surface area (Å²) in [7, 11) is 0. The SMILES string of the molecule is C=C(C)C1CCC2(C)CCC3(C)C(CCC4C5CCCC(C)(C)C5CCC43C)C12. The maximum Gasteiger partial charge on any atom is -0.0172 e. The molecule has 0 spiro atoms. The van der Waals surface area contributed by atoms with E-state index in [2.05, 4.69) is 48.1 Å². The number of fused-ring (bicyclic) bond motifs is 7. The molecule has 0 heteroatoms. The third-order valence-corrected chi connectivity index (χ3v) is 12.6. The van der Waals surface area contributed by atoms with E-state index in [1.165, 1.54) is 76.2 Å². The van der Waals surface area contributed by atoms with E-state index in [-0.39, 0.29) is 0 Å². The molecular weight excluding hydrogens is 348 g/mol. The Hall–Kier alpha value is -0.260. The molecule has 5 saturated carbocycles. The Morgan fingerprint density at radius 2 is 1.38 bits per heavy atom. The number of allylic oxidation sites excluding steroid dienone is 1. The van der Waals surface area contributed by atoms with Gasteiger partial charge in [-0.3, -0.25) is 0 Å². The van der Waals surface area contributed by atoms with E-state index < -0.39 is 0 Å². The van der Waals surface area contributed by atoms with Crippen LogP contribution < -0.4 is 0 Å². The summed E-state index contributed by atoms with van der Waals surface area (Å²) in [6.07, 6.45) is 16.4. The van der Waals surface area contributed by atoms with Gasteiger partial charge in [0.25, 0.3) is 0 Å². The van der Waals surface area contributed by atoms with Crippen LogP contribution in [0, 0.1) is 57.2 Å². The van der Waals surface area contributed by atoms with Crippen molar-refractivity contribution in [3.63, 3.8) is 0 Å². The molecule has 0 N–H and O–H groups in total. The highest BCUT2D eigenvalue weighted by atomic mass is 14.7. The lowest BCUT2D eigenvalue weighted by Gasteiger charge is -2.70. The van der Waals surface area contributed by atoms with Crippen molar-refractivity contribution in [1.82, 2.24) is 0 Å². The van der Waals surface area contributed by atoms with Gasteiger partial charge in [-0.1, -0.05) is 53.2 Å². The second kappa shape index (κ2) is 6.38. The molecule has 0 aliphatic heterocycles. The Labute approximate surface area is 181 Å². The van der Waals surface area contributed by atoms with Crippen molar-refractivity contribution in [2.75, 3.05) is 0 Å². The van der Waals surface area contributed by atoms with Crippen molar-refractivity contribution in [3.8, 4) is 0 Å². The highest BCUT2D eigenvalue weighted by molar-refractivity contribution is 5.19. The van der Waals surface area contributed by atoms with Gasteiger partial charge in [-0.15, -0.1) is 0 Å². The van der Waals surface area contributed by atoms with Crippen molar-refractivity contribution in [2.24, 2.45) is 57.2 Å². The molecule has 9 unspecified atom stereocenters.